The molecule has 0 saturated carbocycles. The smallest absolute Gasteiger partial charge is 0.320 e. The number of nitrogens with one attached hydrogen (secondary N) is 2. The first-order chi connectivity index (χ1) is 15.1. The fourth-order valence-electron chi connectivity index (χ4n) is 2.56. The Morgan fingerprint density at radius 2 is 1.78 bits per heavy atom. The molecule has 3 rings (SSSR count). The molecule has 0 spiro atoms. The van der Waals surface area contributed by atoms with Crippen molar-refractivity contribution in [1.82, 2.24) is 10.4 Å². The number of halogens is 5. The number of aromatic nitrogens is 1. The number of rotatable bonds is 5. The Balaban J connectivity index is 1.77. The van der Waals surface area contributed by atoms with E-state index in [1.807, 2.05) is 0 Å². The van der Waals surface area contributed by atoms with E-state index in [2.05, 4.69) is 20.8 Å². The average Bonchev–Trinajstić information content (AvgIpc) is 2.75. The van der Waals surface area contributed by atoms with Crippen LogP contribution in [0.3, 0.4) is 0 Å². The van der Waals surface area contributed by atoms with Crippen LogP contribution < -0.4 is 10.7 Å². The van der Waals surface area contributed by atoms with Crippen LogP contribution in [0.1, 0.15) is 32.0 Å². The lowest BCUT2D eigenvalue weighted by Crippen LogP contribution is -2.21. The van der Waals surface area contributed by atoms with Gasteiger partial charge >= 0.3 is 6.18 Å². The SMILES string of the molecule is O=C(Nc1ccc(Cl)cc1C(=O)N/N=C/c1ccc(Cl)c(C(F)(F)F)c1)c1ccccn1. The molecule has 1 heterocycles. The maximum atomic E-state index is 13.0. The molecule has 0 aliphatic heterocycles. The van der Waals surface area contributed by atoms with Crippen LogP contribution >= 0.6 is 23.2 Å². The number of pyridine rings is 1. The Morgan fingerprint density at radius 1 is 1.00 bits per heavy atom. The molecule has 1 aromatic heterocycles. The summed E-state index contributed by atoms with van der Waals surface area (Å²) in [6.45, 7) is 0. The molecule has 0 unspecified atom stereocenters. The Kier molecular flexibility index (Phi) is 7.12. The van der Waals surface area contributed by atoms with Crippen LogP contribution in [-0.4, -0.2) is 23.0 Å². The summed E-state index contributed by atoms with van der Waals surface area (Å²) in [5, 5.41) is 6.01. The van der Waals surface area contributed by atoms with E-state index in [1.54, 1.807) is 12.1 Å². The van der Waals surface area contributed by atoms with Gasteiger partial charge in [0.05, 0.1) is 28.1 Å². The predicted octanol–water partition coefficient (Wildman–Crippen LogP) is 5.42. The monoisotopic (exact) mass is 480 g/mol. The highest BCUT2D eigenvalue weighted by atomic mass is 35.5. The highest BCUT2D eigenvalue weighted by Crippen LogP contribution is 2.34. The second-order valence-electron chi connectivity index (χ2n) is 6.30. The number of alkyl halides is 3. The van der Waals surface area contributed by atoms with Crippen LogP contribution in [0.25, 0.3) is 0 Å². The third-order valence-electron chi connectivity index (χ3n) is 4.05. The number of benzene rings is 2. The lowest BCUT2D eigenvalue weighted by atomic mass is 10.1. The molecule has 0 saturated heterocycles. The fourth-order valence-corrected chi connectivity index (χ4v) is 2.96. The molecule has 0 atom stereocenters. The van der Waals surface area contributed by atoms with Crippen molar-refractivity contribution < 1.29 is 22.8 Å². The zero-order valence-corrected chi connectivity index (χ0v) is 17.5. The molecule has 2 N–H and O–H groups in total. The summed E-state index contributed by atoms with van der Waals surface area (Å²) >= 11 is 11.5. The lowest BCUT2D eigenvalue weighted by molar-refractivity contribution is -0.137. The minimum atomic E-state index is -4.63. The third kappa shape index (κ3) is 5.83. The first-order valence-corrected chi connectivity index (χ1v) is 9.63. The van der Waals surface area contributed by atoms with Crippen LogP contribution in [0.4, 0.5) is 18.9 Å². The highest BCUT2D eigenvalue weighted by molar-refractivity contribution is 6.31. The molecule has 0 aliphatic carbocycles. The van der Waals surface area contributed by atoms with E-state index in [0.717, 1.165) is 18.3 Å². The summed E-state index contributed by atoms with van der Waals surface area (Å²) < 4.78 is 38.9. The summed E-state index contributed by atoms with van der Waals surface area (Å²) in [6.07, 6.45) is -2.16. The molecular formula is C21H13Cl2F3N4O2. The van der Waals surface area contributed by atoms with E-state index < -0.39 is 28.6 Å². The number of nitrogens with zero attached hydrogens (tertiary/aromatic N) is 2. The second kappa shape index (κ2) is 9.80. The number of amides is 2. The molecule has 32 heavy (non-hydrogen) atoms. The predicted molar refractivity (Wildman–Crippen MR) is 115 cm³/mol. The van der Waals surface area contributed by atoms with Crippen molar-refractivity contribution >= 4 is 46.9 Å². The summed E-state index contributed by atoms with van der Waals surface area (Å²) in [5.74, 6) is -1.30. The molecule has 0 radical (unpaired) electrons. The molecular weight excluding hydrogens is 468 g/mol. The zero-order valence-electron chi connectivity index (χ0n) is 16.0. The quantitative estimate of drug-likeness (QED) is 0.377. The average molecular weight is 481 g/mol. The van der Waals surface area contributed by atoms with Gasteiger partial charge in [0, 0.05) is 11.2 Å². The Labute approximate surface area is 190 Å². The van der Waals surface area contributed by atoms with Gasteiger partial charge in [-0.3, -0.25) is 14.6 Å². The molecule has 164 valence electrons. The Morgan fingerprint density at radius 3 is 2.47 bits per heavy atom. The molecule has 0 fully saturated rings. The summed E-state index contributed by atoms with van der Waals surface area (Å²) in [5.41, 5.74) is 1.50. The number of hydrogen-bond acceptors (Lipinski definition) is 4. The van der Waals surface area contributed by atoms with Crippen molar-refractivity contribution in [3.8, 4) is 0 Å². The minimum Gasteiger partial charge on any atom is -0.320 e. The topological polar surface area (TPSA) is 83.5 Å². The summed E-state index contributed by atoms with van der Waals surface area (Å²) in [4.78, 5) is 28.8. The van der Waals surface area contributed by atoms with Gasteiger partial charge in [-0.1, -0.05) is 35.3 Å². The first-order valence-electron chi connectivity index (χ1n) is 8.87. The van der Waals surface area contributed by atoms with Crippen LogP contribution in [0, 0.1) is 0 Å². The number of carbonyl (C=O) groups excluding carboxylic acids is 2. The molecule has 6 nitrogen and oxygen atoms in total. The first kappa shape index (κ1) is 23.2. The van der Waals surface area contributed by atoms with Crippen LogP contribution in [0.15, 0.2) is 65.9 Å². The van der Waals surface area contributed by atoms with E-state index in [0.29, 0.717) is 0 Å². The highest BCUT2D eigenvalue weighted by Gasteiger charge is 2.33. The standard InChI is InChI=1S/C21H13Cl2F3N4O2/c22-13-5-7-17(29-20(32)18-3-1-2-8-27-18)14(10-13)19(31)30-28-11-12-4-6-16(23)15(9-12)21(24,25)26/h1-11H,(H,29,32)(H,30,31)/b28-11+. The maximum Gasteiger partial charge on any atom is 0.417 e. The summed E-state index contributed by atoms with van der Waals surface area (Å²) in [7, 11) is 0. The Bertz CT molecular complexity index is 1190. The van der Waals surface area contributed by atoms with E-state index in [4.69, 9.17) is 23.2 Å². The van der Waals surface area contributed by atoms with Crippen molar-refractivity contribution in [2.45, 2.75) is 6.18 Å². The van der Waals surface area contributed by atoms with Crippen LogP contribution in [0.2, 0.25) is 10.0 Å². The lowest BCUT2D eigenvalue weighted by Gasteiger charge is -2.11. The van der Waals surface area contributed by atoms with Crippen molar-refractivity contribution in [1.29, 1.82) is 0 Å². The van der Waals surface area contributed by atoms with Gasteiger partial charge in [-0.15, -0.1) is 0 Å². The zero-order chi connectivity index (χ0) is 23.3. The van der Waals surface area contributed by atoms with Gasteiger partial charge in [-0.2, -0.15) is 18.3 Å². The molecule has 2 amide bonds. The van der Waals surface area contributed by atoms with Crippen molar-refractivity contribution in [2.24, 2.45) is 5.10 Å². The molecule has 11 heteroatoms. The summed E-state index contributed by atoms with van der Waals surface area (Å²) in [6, 6.07) is 12.2. The van der Waals surface area contributed by atoms with Gasteiger partial charge in [-0.05, 0) is 48.0 Å². The van der Waals surface area contributed by atoms with Crippen LogP contribution in [-0.2, 0) is 6.18 Å². The number of hydrazone groups is 1. The molecule has 0 bridgehead atoms. The second-order valence-corrected chi connectivity index (χ2v) is 7.14. The molecule has 0 aliphatic rings. The van der Waals surface area contributed by atoms with E-state index in [-0.39, 0.29) is 27.5 Å². The normalized spacial score (nSPS) is 11.4. The third-order valence-corrected chi connectivity index (χ3v) is 4.61. The van der Waals surface area contributed by atoms with Gasteiger partial charge in [-0.25, -0.2) is 5.43 Å². The van der Waals surface area contributed by atoms with Crippen molar-refractivity contribution in [3.05, 3.63) is 93.2 Å². The van der Waals surface area contributed by atoms with Crippen LogP contribution in [0.5, 0.6) is 0 Å². The largest absolute Gasteiger partial charge is 0.417 e. The van der Waals surface area contributed by atoms with Crippen molar-refractivity contribution in [3.63, 3.8) is 0 Å². The molecule has 3 aromatic rings. The number of hydrogen-bond donors (Lipinski definition) is 2. The Hall–Kier alpha value is -3.43. The van der Waals surface area contributed by atoms with E-state index in [1.165, 1.54) is 36.5 Å². The van der Waals surface area contributed by atoms with Gasteiger partial charge in [0.1, 0.15) is 5.69 Å². The van der Waals surface area contributed by atoms with Gasteiger partial charge < -0.3 is 5.32 Å². The molecule has 2 aromatic carbocycles. The van der Waals surface area contributed by atoms with Gasteiger partial charge in [0.25, 0.3) is 11.8 Å². The van der Waals surface area contributed by atoms with Gasteiger partial charge in [0.15, 0.2) is 0 Å². The van der Waals surface area contributed by atoms with Gasteiger partial charge in [0.2, 0.25) is 0 Å². The van der Waals surface area contributed by atoms with E-state index in [9.17, 15) is 22.8 Å². The van der Waals surface area contributed by atoms with Crippen molar-refractivity contribution in [2.75, 3.05) is 5.32 Å². The minimum absolute atomic E-state index is 0.00832. The van der Waals surface area contributed by atoms with E-state index >= 15 is 0 Å². The number of anilines is 1. The maximum absolute atomic E-state index is 13.0. The number of carbonyl (C=O) groups is 2. The fraction of sp³-hybridized carbons (Fsp3) is 0.0476.